The summed E-state index contributed by atoms with van der Waals surface area (Å²) in [6, 6.07) is 2.08. The number of nitrogens with zero attached hydrogens (tertiary/aromatic N) is 1. The van der Waals surface area contributed by atoms with Crippen LogP contribution in [0.15, 0.2) is 18.5 Å². The average Bonchev–Trinajstić information content (AvgIpc) is 3.04. The van der Waals surface area contributed by atoms with Crippen molar-refractivity contribution in [1.82, 2.24) is 15.2 Å². The van der Waals surface area contributed by atoms with Crippen molar-refractivity contribution in [3.63, 3.8) is 0 Å². The van der Waals surface area contributed by atoms with Crippen molar-refractivity contribution in [1.29, 1.82) is 0 Å². The van der Waals surface area contributed by atoms with Crippen LogP contribution in [-0.4, -0.2) is 41.2 Å². The molecule has 2 rings (SSSR count). The van der Waals surface area contributed by atoms with Gasteiger partial charge in [0.1, 0.15) is 5.60 Å². The number of carbonyl (C=O) groups excluding carboxylic acids is 1. The number of rotatable bonds is 5. The second-order valence-electron chi connectivity index (χ2n) is 6.77. The Kier molecular flexibility index (Phi) is 5.28. The molecule has 1 aromatic heterocycles. The molecule has 118 valence electrons. The van der Waals surface area contributed by atoms with E-state index in [2.05, 4.69) is 16.4 Å². The lowest BCUT2D eigenvalue weighted by Gasteiger charge is -2.24. The van der Waals surface area contributed by atoms with E-state index in [1.54, 1.807) is 0 Å². The van der Waals surface area contributed by atoms with Gasteiger partial charge in [-0.05, 0) is 57.7 Å². The van der Waals surface area contributed by atoms with Crippen LogP contribution in [0.25, 0.3) is 0 Å². The van der Waals surface area contributed by atoms with Crippen LogP contribution in [0.2, 0.25) is 0 Å². The molecule has 0 spiro atoms. The van der Waals surface area contributed by atoms with Crippen LogP contribution in [0.5, 0.6) is 0 Å². The molecule has 1 aliphatic heterocycles. The lowest BCUT2D eigenvalue weighted by molar-refractivity contribution is 0.0287. The van der Waals surface area contributed by atoms with Gasteiger partial charge in [0.25, 0.3) is 0 Å². The number of ether oxygens (including phenoxy) is 1. The molecular formula is C16H27N3O2. The van der Waals surface area contributed by atoms with E-state index in [0.29, 0.717) is 5.92 Å². The number of nitrogens with one attached hydrogen (secondary N) is 2. The summed E-state index contributed by atoms with van der Waals surface area (Å²) in [7, 11) is 0. The molecule has 21 heavy (non-hydrogen) atoms. The van der Waals surface area contributed by atoms with Gasteiger partial charge in [0, 0.05) is 32.0 Å². The van der Waals surface area contributed by atoms with Crippen LogP contribution in [0, 0.1) is 5.92 Å². The monoisotopic (exact) mass is 293 g/mol. The number of aromatic nitrogens is 1. The molecule has 1 aromatic rings. The van der Waals surface area contributed by atoms with Gasteiger partial charge in [0.15, 0.2) is 0 Å². The first kappa shape index (κ1) is 15.9. The van der Waals surface area contributed by atoms with Gasteiger partial charge in [0.05, 0.1) is 0 Å². The van der Waals surface area contributed by atoms with E-state index < -0.39 is 5.60 Å². The SMILES string of the molecule is CC(C)(C)OC(=O)N1CCC(CCNCc2cc[nH]c2)C1. The van der Waals surface area contributed by atoms with Gasteiger partial charge in [-0.3, -0.25) is 0 Å². The summed E-state index contributed by atoms with van der Waals surface area (Å²) in [5.74, 6) is 0.580. The highest BCUT2D eigenvalue weighted by atomic mass is 16.6. The fourth-order valence-electron chi connectivity index (χ4n) is 2.57. The Morgan fingerprint density at radius 1 is 1.52 bits per heavy atom. The number of hydrogen-bond acceptors (Lipinski definition) is 3. The molecule has 2 heterocycles. The number of amides is 1. The second kappa shape index (κ2) is 6.98. The van der Waals surface area contributed by atoms with Crippen molar-refractivity contribution < 1.29 is 9.53 Å². The maximum atomic E-state index is 12.0. The smallest absolute Gasteiger partial charge is 0.410 e. The van der Waals surface area contributed by atoms with Crippen LogP contribution < -0.4 is 5.32 Å². The summed E-state index contributed by atoms with van der Waals surface area (Å²) in [4.78, 5) is 16.9. The predicted octanol–water partition coefficient (Wildman–Crippen LogP) is 2.75. The Hall–Kier alpha value is -1.49. The Balaban J connectivity index is 1.62. The first-order valence-corrected chi connectivity index (χ1v) is 7.74. The van der Waals surface area contributed by atoms with Crippen molar-refractivity contribution in [2.45, 2.75) is 45.8 Å². The molecule has 1 unspecified atom stereocenters. The van der Waals surface area contributed by atoms with Crippen LogP contribution >= 0.6 is 0 Å². The van der Waals surface area contributed by atoms with Crippen molar-refractivity contribution in [2.24, 2.45) is 5.92 Å². The quantitative estimate of drug-likeness (QED) is 0.821. The zero-order valence-electron chi connectivity index (χ0n) is 13.3. The van der Waals surface area contributed by atoms with E-state index in [-0.39, 0.29) is 6.09 Å². The topological polar surface area (TPSA) is 57.4 Å². The first-order chi connectivity index (χ1) is 9.94. The molecule has 0 aromatic carbocycles. The third-order valence-corrected chi connectivity index (χ3v) is 3.66. The minimum atomic E-state index is -0.409. The maximum absolute atomic E-state index is 12.0. The van der Waals surface area contributed by atoms with Crippen LogP contribution in [0.4, 0.5) is 4.79 Å². The van der Waals surface area contributed by atoms with E-state index in [9.17, 15) is 4.79 Å². The molecule has 1 saturated heterocycles. The second-order valence-corrected chi connectivity index (χ2v) is 6.77. The van der Waals surface area contributed by atoms with Gasteiger partial charge in [-0.25, -0.2) is 4.79 Å². The van der Waals surface area contributed by atoms with Crippen LogP contribution in [0.1, 0.15) is 39.2 Å². The molecule has 2 N–H and O–H groups in total. The molecule has 1 amide bonds. The highest BCUT2D eigenvalue weighted by molar-refractivity contribution is 5.68. The number of H-pyrrole nitrogens is 1. The number of hydrogen-bond donors (Lipinski definition) is 2. The summed E-state index contributed by atoms with van der Waals surface area (Å²) >= 11 is 0. The molecule has 1 aliphatic rings. The van der Waals surface area contributed by atoms with Crippen LogP contribution in [0.3, 0.4) is 0 Å². The van der Waals surface area contributed by atoms with Crippen molar-refractivity contribution >= 4 is 6.09 Å². The molecule has 5 nitrogen and oxygen atoms in total. The maximum Gasteiger partial charge on any atom is 0.410 e. The fourth-order valence-corrected chi connectivity index (χ4v) is 2.57. The minimum Gasteiger partial charge on any atom is -0.444 e. The first-order valence-electron chi connectivity index (χ1n) is 7.74. The highest BCUT2D eigenvalue weighted by Gasteiger charge is 2.29. The molecule has 1 atom stereocenters. The van der Waals surface area contributed by atoms with E-state index in [1.165, 1.54) is 5.56 Å². The number of carbonyl (C=O) groups is 1. The normalized spacial score (nSPS) is 19.0. The summed E-state index contributed by atoms with van der Waals surface area (Å²) in [6.07, 6.45) is 5.94. The van der Waals surface area contributed by atoms with Gasteiger partial charge in [-0.2, -0.15) is 0 Å². The molecule has 0 saturated carbocycles. The Morgan fingerprint density at radius 2 is 2.33 bits per heavy atom. The van der Waals surface area contributed by atoms with Gasteiger partial charge < -0.3 is 19.9 Å². The van der Waals surface area contributed by atoms with E-state index in [0.717, 1.165) is 39.0 Å². The van der Waals surface area contributed by atoms with Gasteiger partial charge in [-0.15, -0.1) is 0 Å². The largest absolute Gasteiger partial charge is 0.444 e. The third-order valence-electron chi connectivity index (χ3n) is 3.66. The van der Waals surface area contributed by atoms with Crippen LogP contribution in [-0.2, 0) is 11.3 Å². The van der Waals surface area contributed by atoms with Gasteiger partial charge >= 0.3 is 6.09 Å². The number of likely N-dealkylation sites (tertiary alicyclic amines) is 1. The molecular weight excluding hydrogens is 266 g/mol. The molecule has 1 fully saturated rings. The lowest BCUT2D eigenvalue weighted by atomic mass is 10.1. The summed E-state index contributed by atoms with van der Waals surface area (Å²) in [5, 5.41) is 3.44. The molecule has 0 bridgehead atoms. The highest BCUT2D eigenvalue weighted by Crippen LogP contribution is 2.21. The zero-order chi connectivity index (χ0) is 15.3. The van der Waals surface area contributed by atoms with E-state index in [4.69, 9.17) is 4.74 Å². The predicted molar refractivity (Wildman–Crippen MR) is 83.0 cm³/mol. The Labute approximate surface area is 127 Å². The van der Waals surface area contributed by atoms with Crippen molar-refractivity contribution in [2.75, 3.05) is 19.6 Å². The van der Waals surface area contributed by atoms with E-state index >= 15 is 0 Å². The average molecular weight is 293 g/mol. The van der Waals surface area contributed by atoms with Crippen molar-refractivity contribution in [3.05, 3.63) is 24.0 Å². The lowest BCUT2D eigenvalue weighted by Crippen LogP contribution is -2.35. The molecule has 0 radical (unpaired) electrons. The molecule has 0 aliphatic carbocycles. The summed E-state index contributed by atoms with van der Waals surface area (Å²) in [6.45, 7) is 9.23. The van der Waals surface area contributed by atoms with Crippen molar-refractivity contribution in [3.8, 4) is 0 Å². The van der Waals surface area contributed by atoms with E-state index in [1.807, 2.05) is 38.1 Å². The van der Waals surface area contributed by atoms with Gasteiger partial charge in [0.2, 0.25) is 0 Å². The summed E-state index contributed by atoms with van der Waals surface area (Å²) < 4.78 is 5.41. The fraction of sp³-hybridized carbons (Fsp3) is 0.688. The molecule has 5 heteroatoms. The minimum absolute atomic E-state index is 0.176. The summed E-state index contributed by atoms with van der Waals surface area (Å²) in [5.41, 5.74) is 0.865. The standard InChI is InChI=1S/C16H27N3O2/c1-16(2,3)21-15(20)19-9-6-13(12-19)4-7-17-10-14-5-8-18-11-14/h5,8,11,13,17-18H,4,6-7,9-10,12H2,1-3H3. The van der Waals surface area contributed by atoms with Gasteiger partial charge in [-0.1, -0.05) is 0 Å². The third kappa shape index (κ3) is 5.42. The Bertz CT molecular complexity index is 437. The number of aromatic amines is 1. The Morgan fingerprint density at radius 3 is 3.00 bits per heavy atom. The zero-order valence-corrected chi connectivity index (χ0v) is 13.3.